The largest absolute Gasteiger partial charge is 0.310 e. The highest BCUT2D eigenvalue weighted by Gasteiger charge is 2.50. The molecule has 0 saturated heterocycles. The Morgan fingerprint density at radius 2 is 0.778 bits per heavy atom. The van der Waals surface area contributed by atoms with Crippen LogP contribution >= 0.6 is 11.8 Å². The molecule has 2 heteroatoms. The van der Waals surface area contributed by atoms with Crippen molar-refractivity contribution >= 4 is 28.8 Å². The summed E-state index contributed by atoms with van der Waals surface area (Å²) in [5.74, 6) is 0. The maximum atomic E-state index is 2.46. The zero-order chi connectivity index (χ0) is 29.8. The molecule has 0 radical (unpaired) electrons. The van der Waals surface area contributed by atoms with Crippen molar-refractivity contribution in [1.82, 2.24) is 0 Å². The Labute approximate surface area is 268 Å². The average molecular weight is 592 g/mol. The van der Waals surface area contributed by atoms with E-state index < -0.39 is 5.41 Å². The van der Waals surface area contributed by atoms with Gasteiger partial charge in [0.05, 0.1) is 16.8 Å². The molecule has 7 aromatic rings. The van der Waals surface area contributed by atoms with Gasteiger partial charge in [0.25, 0.3) is 0 Å². The maximum absolute atomic E-state index is 2.46. The van der Waals surface area contributed by atoms with Gasteiger partial charge >= 0.3 is 0 Å². The van der Waals surface area contributed by atoms with Gasteiger partial charge in [-0.1, -0.05) is 139 Å². The van der Waals surface area contributed by atoms with Crippen molar-refractivity contribution in [3.8, 4) is 22.3 Å². The van der Waals surface area contributed by atoms with Gasteiger partial charge in [0.1, 0.15) is 0 Å². The minimum atomic E-state index is -0.524. The molecule has 0 bridgehead atoms. The summed E-state index contributed by atoms with van der Waals surface area (Å²) in [6.07, 6.45) is 0. The third-order valence-corrected chi connectivity index (χ3v) is 10.5. The van der Waals surface area contributed by atoms with Crippen LogP contribution in [0.3, 0.4) is 0 Å². The number of hydrogen-bond donors (Lipinski definition) is 0. The molecule has 7 aromatic carbocycles. The molecule has 0 aromatic heterocycles. The summed E-state index contributed by atoms with van der Waals surface area (Å²) in [6.45, 7) is 0. The minimum Gasteiger partial charge on any atom is -0.310 e. The second-order valence-corrected chi connectivity index (χ2v) is 12.8. The SMILES string of the molecule is c1ccc(-c2ccc3c(c2)C2(c4ccccc4Sc4ccccc42)c2cc(-c4ccccc4)ccc2N3c2ccccc2)cc1. The Morgan fingerprint density at radius 1 is 0.356 bits per heavy atom. The second kappa shape index (κ2) is 10.4. The lowest BCUT2D eigenvalue weighted by Gasteiger charge is -2.49. The highest BCUT2D eigenvalue weighted by atomic mass is 32.2. The van der Waals surface area contributed by atoms with Gasteiger partial charge in [0.15, 0.2) is 0 Å². The molecule has 2 heterocycles. The van der Waals surface area contributed by atoms with E-state index in [4.69, 9.17) is 0 Å². The van der Waals surface area contributed by atoms with Gasteiger partial charge < -0.3 is 4.90 Å². The number of anilines is 3. The topological polar surface area (TPSA) is 3.24 Å². The van der Waals surface area contributed by atoms with Gasteiger partial charge in [-0.25, -0.2) is 0 Å². The second-order valence-electron chi connectivity index (χ2n) is 11.7. The van der Waals surface area contributed by atoms with Crippen molar-refractivity contribution in [3.63, 3.8) is 0 Å². The molecule has 0 atom stereocenters. The van der Waals surface area contributed by atoms with E-state index in [-0.39, 0.29) is 0 Å². The molecule has 1 nitrogen and oxygen atoms in total. The van der Waals surface area contributed by atoms with E-state index in [1.165, 1.54) is 65.7 Å². The van der Waals surface area contributed by atoms with E-state index in [1.54, 1.807) is 0 Å². The number of rotatable bonds is 3. The molecule has 1 spiro atoms. The fourth-order valence-corrected chi connectivity index (χ4v) is 8.58. The monoisotopic (exact) mass is 591 g/mol. The van der Waals surface area contributed by atoms with Crippen LogP contribution in [0.15, 0.2) is 186 Å². The lowest BCUT2D eigenvalue weighted by molar-refractivity contribution is 0.692. The fourth-order valence-electron chi connectivity index (χ4n) is 7.39. The molecule has 0 fully saturated rings. The van der Waals surface area contributed by atoms with E-state index in [0.717, 1.165) is 5.69 Å². The Kier molecular flexibility index (Phi) is 6.04. The van der Waals surface area contributed by atoms with E-state index >= 15 is 0 Å². The number of fused-ring (bicyclic) bond motifs is 8. The predicted octanol–water partition coefficient (Wildman–Crippen LogP) is 11.7. The Balaban J connectivity index is 1.46. The first kappa shape index (κ1) is 26.1. The lowest BCUT2D eigenvalue weighted by Crippen LogP contribution is -2.39. The van der Waals surface area contributed by atoms with Gasteiger partial charge in [-0.2, -0.15) is 0 Å². The third-order valence-electron chi connectivity index (χ3n) is 9.31. The molecule has 9 rings (SSSR count). The van der Waals surface area contributed by atoms with Crippen molar-refractivity contribution in [2.45, 2.75) is 15.2 Å². The van der Waals surface area contributed by atoms with Gasteiger partial charge in [0.2, 0.25) is 0 Å². The summed E-state index contributed by atoms with van der Waals surface area (Å²) in [5, 5.41) is 0. The van der Waals surface area contributed by atoms with E-state index in [9.17, 15) is 0 Å². The van der Waals surface area contributed by atoms with Crippen molar-refractivity contribution in [2.75, 3.05) is 4.90 Å². The smallest absolute Gasteiger partial charge is 0.0764 e. The third kappa shape index (κ3) is 3.96. The zero-order valence-corrected chi connectivity index (χ0v) is 25.4. The predicted molar refractivity (Wildman–Crippen MR) is 188 cm³/mol. The molecule has 0 aliphatic carbocycles. The van der Waals surface area contributed by atoms with Crippen LogP contribution in [0.25, 0.3) is 22.3 Å². The van der Waals surface area contributed by atoms with Crippen LogP contribution in [0.2, 0.25) is 0 Å². The van der Waals surface area contributed by atoms with Gasteiger partial charge in [-0.15, -0.1) is 0 Å². The number of para-hydroxylation sites is 1. The number of benzene rings is 7. The molecule has 2 aliphatic rings. The van der Waals surface area contributed by atoms with Crippen LogP contribution in [0.5, 0.6) is 0 Å². The quantitative estimate of drug-likeness (QED) is 0.201. The molecule has 45 heavy (non-hydrogen) atoms. The average Bonchev–Trinajstić information content (AvgIpc) is 3.12. The van der Waals surface area contributed by atoms with Crippen molar-refractivity contribution in [2.24, 2.45) is 0 Å². The molecule has 0 N–H and O–H groups in total. The van der Waals surface area contributed by atoms with E-state index in [0.29, 0.717) is 0 Å². The molecule has 2 aliphatic heterocycles. The van der Waals surface area contributed by atoms with Gasteiger partial charge in [-0.3, -0.25) is 0 Å². The maximum Gasteiger partial charge on any atom is 0.0764 e. The number of hydrogen-bond acceptors (Lipinski definition) is 2. The lowest BCUT2D eigenvalue weighted by atomic mass is 9.61. The molecular formula is C43H29NS. The standard InChI is InChI=1S/C43H29NS/c1-4-14-30(15-5-1)32-24-26-39-37(28-32)43(35-20-10-12-22-41(35)45-42-23-13-11-21-36(42)43)38-29-33(31-16-6-2-7-17-31)25-27-40(38)44(39)34-18-8-3-9-19-34/h1-29H. The van der Waals surface area contributed by atoms with E-state index in [1.807, 2.05) is 11.8 Å². The van der Waals surface area contributed by atoms with Crippen molar-refractivity contribution in [1.29, 1.82) is 0 Å². The normalized spacial score (nSPS) is 13.8. The van der Waals surface area contributed by atoms with E-state index in [2.05, 4.69) is 181 Å². The molecule has 0 saturated carbocycles. The van der Waals surface area contributed by atoms with Crippen LogP contribution in [0, 0.1) is 0 Å². The van der Waals surface area contributed by atoms with Gasteiger partial charge in [-0.05, 0) is 93.0 Å². The summed E-state index contributed by atoms with van der Waals surface area (Å²) >= 11 is 1.88. The highest BCUT2D eigenvalue weighted by Crippen LogP contribution is 2.63. The fraction of sp³-hybridized carbons (Fsp3) is 0.0233. The van der Waals surface area contributed by atoms with Crippen molar-refractivity contribution in [3.05, 3.63) is 198 Å². The number of nitrogens with zero attached hydrogens (tertiary/aromatic N) is 1. The first-order valence-corrected chi connectivity index (χ1v) is 16.3. The highest BCUT2D eigenvalue weighted by molar-refractivity contribution is 7.99. The Hall–Kier alpha value is -5.31. The summed E-state index contributed by atoms with van der Waals surface area (Å²) < 4.78 is 0. The van der Waals surface area contributed by atoms with Crippen LogP contribution in [0.4, 0.5) is 17.1 Å². The summed E-state index contributed by atoms with van der Waals surface area (Å²) in [4.78, 5) is 5.07. The Morgan fingerprint density at radius 3 is 1.27 bits per heavy atom. The Bertz CT molecular complexity index is 2050. The van der Waals surface area contributed by atoms with Gasteiger partial charge in [0, 0.05) is 15.5 Å². The van der Waals surface area contributed by atoms with Crippen LogP contribution in [-0.4, -0.2) is 0 Å². The summed E-state index contributed by atoms with van der Waals surface area (Å²) in [5.41, 5.74) is 13.2. The summed E-state index contributed by atoms with van der Waals surface area (Å²) in [7, 11) is 0. The molecule has 0 unspecified atom stereocenters. The molecule has 212 valence electrons. The molecule has 0 amide bonds. The molecular weight excluding hydrogens is 563 g/mol. The first-order valence-electron chi connectivity index (χ1n) is 15.4. The van der Waals surface area contributed by atoms with Crippen LogP contribution in [-0.2, 0) is 5.41 Å². The minimum absolute atomic E-state index is 0.524. The van der Waals surface area contributed by atoms with Crippen LogP contribution < -0.4 is 4.90 Å². The zero-order valence-electron chi connectivity index (χ0n) is 24.6. The van der Waals surface area contributed by atoms with Crippen LogP contribution in [0.1, 0.15) is 22.3 Å². The summed E-state index contributed by atoms with van der Waals surface area (Å²) in [6, 6.07) is 64.6. The van der Waals surface area contributed by atoms with Crippen molar-refractivity contribution < 1.29 is 0 Å². The first-order chi connectivity index (χ1) is 22.3.